The third-order valence-corrected chi connectivity index (χ3v) is 4.11. The molecule has 12 heteroatoms. The highest BCUT2D eigenvalue weighted by Gasteiger charge is 2.36. The van der Waals surface area contributed by atoms with Crippen LogP contribution < -0.4 is 0 Å². The van der Waals surface area contributed by atoms with Gasteiger partial charge in [-0.25, -0.2) is 14.5 Å². The third kappa shape index (κ3) is 3.73. The minimum absolute atomic E-state index is 0.369. The maximum atomic E-state index is 11.9. The molecule has 0 aliphatic carbocycles. The van der Waals surface area contributed by atoms with Gasteiger partial charge in [0.2, 0.25) is 0 Å². The number of carbonyl (C=O) groups is 2. The zero-order valence-electron chi connectivity index (χ0n) is 11.3. The van der Waals surface area contributed by atoms with E-state index in [-0.39, 0.29) is 6.54 Å². The number of nitrogens with zero attached hydrogens (tertiary/aromatic N) is 2. The summed E-state index contributed by atoms with van der Waals surface area (Å²) in [5, 5.41) is 19.3. The first-order valence-corrected chi connectivity index (χ1v) is 7.46. The number of non-ortho nitro benzene ring substituents is 1. The molecule has 0 aromatic heterocycles. The number of hydrogen-bond acceptors (Lipinski definition) is 8. The topological polar surface area (TPSA) is 153 Å². The van der Waals surface area contributed by atoms with Crippen molar-refractivity contribution in [3.8, 4) is 0 Å². The minimum Gasteiger partial charge on any atom is -0.465 e. The summed E-state index contributed by atoms with van der Waals surface area (Å²) >= 11 is 0. The largest absolute Gasteiger partial charge is 0.465 e. The summed E-state index contributed by atoms with van der Waals surface area (Å²) in [5.74, 6) is 0. The highest BCUT2D eigenvalue weighted by molar-refractivity contribution is 7.86. The van der Waals surface area contributed by atoms with Crippen molar-refractivity contribution < 1.29 is 37.0 Å². The van der Waals surface area contributed by atoms with E-state index in [1.54, 1.807) is 0 Å². The molecular formula is C11H10N2O9S. The smallest absolute Gasteiger partial charge is 0.419 e. The normalized spacial score (nSPS) is 17.8. The van der Waals surface area contributed by atoms with Crippen LogP contribution in [0.5, 0.6) is 0 Å². The lowest BCUT2D eigenvalue weighted by Gasteiger charge is -2.09. The van der Waals surface area contributed by atoms with Crippen molar-refractivity contribution in [2.75, 3.05) is 13.2 Å². The Kier molecular flexibility index (Phi) is 4.47. The average molecular weight is 346 g/mol. The zero-order valence-corrected chi connectivity index (χ0v) is 12.1. The van der Waals surface area contributed by atoms with E-state index in [0.29, 0.717) is 4.90 Å². The summed E-state index contributed by atoms with van der Waals surface area (Å²) in [6.45, 7) is -0.987. The summed E-state index contributed by atoms with van der Waals surface area (Å²) in [4.78, 5) is 31.7. The quantitative estimate of drug-likeness (QED) is 0.463. The Morgan fingerprint density at radius 2 is 2.22 bits per heavy atom. The number of imide groups is 1. The average Bonchev–Trinajstić information content (AvgIpc) is 2.87. The number of rotatable bonds is 5. The Morgan fingerprint density at radius 3 is 2.78 bits per heavy atom. The molecule has 23 heavy (non-hydrogen) atoms. The number of hydrogen-bond donors (Lipinski definition) is 1. The molecular weight excluding hydrogens is 336 g/mol. The van der Waals surface area contributed by atoms with Gasteiger partial charge in [0.1, 0.15) is 17.6 Å². The molecule has 0 radical (unpaired) electrons. The number of carboxylic acid groups (broad SMARTS) is 1. The van der Waals surface area contributed by atoms with Gasteiger partial charge in [-0.05, 0) is 6.07 Å². The Balaban J connectivity index is 2.05. The molecule has 1 fully saturated rings. The Morgan fingerprint density at radius 1 is 1.52 bits per heavy atom. The second kappa shape index (κ2) is 6.18. The molecule has 2 amide bonds. The molecule has 1 saturated heterocycles. The lowest BCUT2D eigenvalue weighted by molar-refractivity contribution is -0.385. The van der Waals surface area contributed by atoms with Crippen LogP contribution in [0.15, 0.2) is 29.2 Å². The predicted molar refractivity (Wildman–Crippen MR) is 71.2 cm³/mol. The van der Waals surface area contributed by atoms with Crippen molar-refractivity contribution in [3.05, 3.63) is 34.4 Å². The molecule has 1 atom stereocenters. The molecule has 1 aromatic carbocycles. The molecule has 0 saturated carbocycles. The summed E-state index contributed by atoms with van der Waals surface area (Å²) in [5.41, 5.74) is -0.431. The van der Waals surface area contributed by atoms with Gasteiger partial charge in [-0.1, -0.05) is 6.07 Å². The predicted octanol–water partition coefficient (Wildman–Crippen LogP) is 0.799. The van der Waals surface area contributed by atoms with Gasteiger partial charge in [-0.2, -0.15) is 8.42 Å². The van der Waals surface area contributed by atoms with E-state index in [2.05, 4.69) is 8.92 Å². The number of benzene rings is 1. The molecule has 2 rings (SSSR count). The number of cyclic esters (lactones) is 1. The monoisotopic (exact) mass is 346 g/mol. The number of ether oxygens (including phenoxy) is 1. The van der Waals surface area contributed by atoms with Crippen molar-refractivity contribution in [2.45, 2.75) is 11.0 Å². The zero-order chi connectivity index (χ0) is 17.2. The second-order valence-electron chi connectivity index (χ2n) is 4.39. The molecule has 11 nitrogen and oxygen atoms in total. The first kappa shape index (κ1) is 16.6. The van der Waals surface area contributed by atoms with Gasteiger partial charge in [-0.3, -0.25) is 14.3 Å². The van der Waals surface area contributed by atoms with E-state index in [0.717, 1.165) is 18.2 Å². The molecule has 1 aliphatic heterocycles. The second-order valence-corrected chi connectivity index (χ2v) is 6.01. The number of nitro benzene ring substituents is 1. The molecule has 0 bridgehead atoms. The van der Waals surface area contributed by atoms with Crippen molar-refractivity contribution in [1.82, 2.24) is 4.90 Å². The first-order valence-electron chi connectivity index (χ1n) is 6.05. The first-order chi connectivity index (χ1) is 10.7. The molecule has 1 aromatic rings. The lowest BCUT2D eigenvalue weighted by atomic mass is 10.3. The lowest BCUT2D eigenvalue weighted by Crippen LogP contribution is -2.31. The van der Waals surface area contributed by atoms with Gasteiger partial charge in [0.15, 0.2) is 0 Å². The van der Waals surface area contributed by atoms with Crippen molar-refractivity contribution >= 4 is 28.0 Å². The van der Waals surface area contributed by atoms with Crippen LogP contribution >= 0.6 is 0 Å². The maximum absolute atomic E-state index is 11.9. The van der Waals surface area contributed by atoms with Gasteiger partial charge >= 0.3 is 12.2 Å². The molecule has 1 heterocycles. The van der Waals surface area contributed by atoms with Crippen LogP contribution in [0.3, 0.4) is 0 Å². The molecule has 0 unspecified atom stereocenters. The molecule has 1 aliphatic rings. The van der Waals surface area contributed by atoms with Crippen molar-refractivity contribution in [1.29, 1.82) is 0 Å². The fraction of sp³-hybridized carbons (Fsp3) is 0.273. The van der Waals surface area contributed by atoms with Crippen molar-refractivity contribution in [3.63, 3.8) is 0 Å². The van der Waals surface area contributed by atoms with E-state index in [4.69, 9.17) is 5.11 Å². The van der Waals surface area contributed by atoms with E-state index in [1.807, 2.05) is 0 Å². The van der Waals surface area contributed by atoms with Crippen LogP contribution in [0.1, 0.15) is 0 Å². The summed E-state index contributed by atoms with van der Waals surface area (Å²) in [6.07, 6.45) is -3.75. The van der Waals surface area contributed by atoms with Gasteiger partial charge in [-0.15, -0.1) is 0 Å². The van der Waals surface area contributed by atoms with Crippen LogP contribution in [0.4, 0.5) is 15.3 Å². The van der Waals surface area contributed by atoms with Gasteiger partial charge in [0.05, 0.1) is 11.5 Å². The summed E-state index contributed by atoms with van der Waals surface area (Å²) < 4.78 is 33.2. The van der Waals surface area contributed by atoms with Crippen molar-refractivity contribution in [2.24, 2.45) is 0 Å². The molecule has 1 N–H and O–H groups in total. The highest BCUT2D eigenvalue weighted by Crippen LogP contribution is 2.20. The highest BCUT2D eigenvalue weighted by atomic mass is 32.2. The van der Waals surface area contributed by atoms with Crippen LogP contribution in [-0.4, -0.2) is 54.8 Å². The molecule has 0 spiro atoms. The third-order valence-electron chi connectivity index (χ3n) is 2.83. The fourth-order valence-corrected chi connectivity index (χ4v) is 2.73. The van der Waals surface area contributed by atoms with E-state index in [9.17, 15) is 28.1 Å². The SMILES string of the molecule is O=C(O)N1C[C@@H](COS(=O)(=O)c2cccc([N+](=O)[O-])c2)OC1=O. The summed E-state index contributed by atoms with van der Waals surface area (Å²) in [7, 11) is -4.32. The van der Waals surface area contributed by atoms with Crippen LogP contribution in [0, 0.1) is 10.1 Å². The number of amides is 2. The molecule has 124 valence electrons. The number of carbonyl (C=O) groups excluding carboxylic acids is 1. The van der Waals surface area contributed by atoms with Gasteiger partial charge in [0.25, 0.3) is 15.8 Å². The van der Waals surface area contributed by atoms with Gasteiger partial charge < -0.3 is 9.84 Å². The minimum atomic E-state index is -4.32. The van der Waals surface area contributed by atoms with Crippen LogP contribution in [-0.2, 0) is 19.0 Å². The van der Waals surface area contributed by atoms with Crippen LogP contribution in [0.2, 0.25) is 0 Å². The number of nitro groups is 1. The van der Waals surface area contributed by atoms with Crippen LogP contribution in [0.25, 0.3) is 0 Å². The summed E-state index contributed by atoms with van der Waals surface area (Å²) in [6, 6.07) is 4.21. The Hall–Kier alpha value is -2.73. The Bertz CT molecular complexity index is 761. The fourth-order valence-electron chi connectivity index (χ4n) is 1.75. The van der Waals surface area contributed by atoms with E-state index < -0.39 is 50.5 Å². The standard InChI is InChI=1S/C11H10N2O9S/c14-10(15)12-5-8(22-11(12)16)6-21-23(19,20)9-3-1-2-7(4-9)13(17)18/h1-4,8H,5-6H2,(H,14,15)/t8-/m0/s1. The van der Waals surface area contributed by atoms with Gasteiger partial charge in [0, 0.05) is 12.1 Å². The maximum Gasteiger partial charge on any atom is 0.419 e. The van der Waals surface area contributed by atoms with E-state index in [1.165, 1.54) is 6.07 Å². The van der Waals surface area contributed by atoms with E-state index >= 15 is 0 Å². The Labute approximate surface area is 129 Å².